The zero-order chi connectivity index (χ0) is 18.7. The third-order valence-corrected chi connectivity index (χ3v) is 6.42. The summed E-state index contributed by atoms with van der Waals surface area (Å²) in [4.78, 5) is 31.8. The molecule has 0 aromatic heterocycles. The van der Waals surface area contributed by atoms with E-state index in [1.807, 2.05) is 23.1 Å². The largest absolute Gasteiger partial charge is 0.368 e. The molecule has 3 aliphatic heterocycles. The highest BCUT2D eigenvalue weighted by molar-refractivity contribution is 5.84. The Kier molecular flexibility index (Phi) is 5.34. The molecule has 4 rings (SSSR count). The molecule has 6 nitrogen and oxygen atoms in total. The van der Waals surface area contributed by atoms with E-state index in [0.29, 0.717) is 13.0 Å². The second kappa shape index (κ2) is 7.89. The summed E-state index contributed by atoms with van der Waals surface area (Å²) in [6.07, 6.45) is 3.47. The van der Waals surface area contributed by atoms with E-state index >= 15 is 0 Å². The summed E-state index contributed by atoms with van der Waals surface area (Å²) in [5.41, 5.74) is 1.03. The highest BCUT2D eigenvalue weighted by atomic mass is 16.2. The number of rotatable bonds is 5. The van der Waals surface area contributed by atoms with E-state index < -0.39 is 0 Å². The van der Waals surface area contributed by atoms with Gasteiger partial charge in [-0.05, 0) is 44.5 Å². The minimum absolute atomic E-state index is 0.150. The summed E-state index contributed by atoms with van der Waals surface area (Å²) >= 11 is 0. The molecule has 2 bridgehead atoms. The Morgan fingerprint density at radius 2 is 1.74 bits per heavy atom. The highest BCUT2D eigenvalue weighted by Crippen LogP contribution is 2.39. The summed E-state index contributed by atoms with van der Waals surface area (Å²) in [6, 6.07) is 10.3. The van der Waals surface area contributed by atoms with Gasteiger partial charge >= 0.3 is 0 Å². The number of nitrogens with one attached hydrogen (secondary N) is 1. The third kappa shape index (κ3) is 3.95. The maximum atomic E-state index is 12.7. The Labute approximate surface area is 161 Å². The molecular weight excluding hydrogens is 340 g/mol. The monoisotopic (exact) mass is 370 g/mol. The smallest absolute Gasteiger partial charge is 0.227 e. The van der Waals surface area contributed by atoms with E-state index in [9.17, 15) is 9.59 Å². The van der Waals surface area contributed by atoms with Crippen LogP contribution in [0.15, 0.2) is 30.3 Å². The van der Waals surface area contributed by atoms with E-state index in [0.717, 1.165) is 65.1 Å². The number of nitrogens with zero attached hydrogens (tertiary/aromatic N) is 3. The minimum atomic E-state index is -0.192. The van der Waals surface area contributed by atoms with Crippen LogP contribution in [-0.2, 0) is 9.59 Å². The minimum Gasteiger partial charge on any atom is -0.368 e. The van der Waals surface area contributed by atoms with Gasteiger partial charge in [-0.2, -0.15) is 0 Å². The lowest BCUT2D eigenvalue weighted by molar-refractivity contribution is -0.133. The summed E-state index contributed by atoms with van der Waals surface area (Å²) < 4.78 is 0. The first-order chi connectivity index (χ1) is 13.2. The van der Waals surface area contributed by atoms with Crippen molar-refractivity contribution in [2.24, 2.45) is 5.41 Å². The molecule has 1 N–H and O–H groups in total. The van der Waals surface area contributed by atoms with Crippen molar-refractivity contribution >= 4 is 17.5 Å². The number of amides is 2. The predicted molar refractivity (Wildman–Crippen MR) is 106 cm³/mol. The average Bonchev–Trinajstić information content (AvgIpc) is 3.03. The number of hydrogen-bond donors (Lipinski definition) is 1. The molecule has 3 saturated heterocycles. The first kappa shape index (κ1) is 18.3. The number of carbonyl (C=O) groups is 2. The van der Waals surface area contributed by atoms with Gasteiger partial charge in [0, 0.05) is 51.4 Å². The number of carbonyl (C=O) groups excluding carboxylic acids is 2. The van der Waals surface area contributed by atoms with Gasteiger partial charge in [-0.15, -0.1) is 0 Å². The first-order valence-electron chi connectivity index (χ1n) is 10.2. The molecule has 0 aliphatic carbocycles. The molecular formula is C21H30N4O2. The van der Waals surface area contributed by atoms with Gasteiger partial charge < -0.3 is 20.0 Å². The van der Waals surface area contributed by atoms with Crippen molar-refractivity contribution in [3.05, 3.63) is 30.3 Å². The van der Waals surface area contributed by atoms with E-state index in [-0.39, 0.29) is 17.2 Å². The number of fused-ring (bicyclic) bond motifs is 2. The van der Waals surface area contributed by atoms with Crippen LogP contribution in [0.5, 0.6) is 0 Å². The number of piperazine rings is 1. The van der Waals surface area contributed by atoms with Gasteiger partial charge in [0.25, 0.3) is 0 Å². The van der Waals surface area contributed by atoms with Crippen molar-refractivity contribution in [1.82, 2.24) is 15.1 Å². The van der Waals surface area contributed by atoms with Crippen molar-refractivity contribution in [1.29, 1.82) is 0 Å². The van der Waals surface area contributed by atoms with Gasteiger partial charge in [-0.3, -0.25) is 9.59 Å². The van der Waals surface area contributed by atoms with Crippen LogP contribution in [0.1, 0.15) is 25.7 Å². The number of anilines is 1. The van der Waals surface area contributed by atoms with Crippen LogP contribution in [0, 0.1) is 5.41 Å². The van der Waals surface area contributed by atoms with Crippen LogP contribution in [0.4, 0.5) is 5.69 Å². The lowest BCUT2D eigenvalue weighted by atomic mass is 9.80. The van der Waals surface area contributed by atoms with Gasteiger partial charge in [0.15, 0.2) is 0 Å². The number of benzene rings is 1. The molecule has 3 aliphatic rings. The number of piperidine rings is 1. The number of para-hydroxylation sites is 1. The Hall–Kier alpha value is -2.08. The van der Waals surface area contributed by atoms with Crippen LogP contribution >= 0.6 is 0 Å². The number of hydrogen-bond acceptors (Lipinski definition) is 4. The lowest BCUT2D eigenvalue weighted by Crippen LogP contribution is -2.50. The zero-order valence-corrected chi connectivity index (χ0v) is 16.0. The first-order valence-corrected chi connectivity index (χ1v) is 10.2. The van der Waals surface area contributed by atoms with Gasteiger partial charge in [-0.1, -0.05) is 18.2 Å². The highest BCUT2D eigenvalue weighted by Gasteiger charge is 2.46. The Morgan fingerprint density at radius 3 is 2.52 bits per heavy atom. The van der Waals surface area contributed by atoms with E-state index in [4.69, 9.17) is 0 Å². The van der Waals surface area contributed by atoms with Gasteiger partial charge in [0.1, 0.15) is 0 Å². The molecule has 0 radical (unpaired) electrons. The fraction of sp³-hybridized carbons (Fsp3) is 0.619. The Bertz CT molecular complexity index is 668. The molecule has 0 spiro atoms. The van der Waals surface area contributed by atoms with E-state index in [1.165, 1.54) is 5.69 Å². The van der Waals surface area contributed by atoms with Crippen molar-refractivity contribution in [3.63, 3.8) is 0 Å². The molecule has 1 aromatic rings. The Morgan fingerprint density at radius 1 is 0.963 bits per heavy atom. The van der Waals surface area contributed by atoms with Crippen LogP contribution in [-0.4, -0.2) is 74.0 Å². The third-order valence-electron chi connectivity index (χ3n) is 6.42. The quantitative estimate of drug-likeness (QED) is 0.850. The van der Waals surface area contributed by atoms with Crippen molar-refractivity contribution in [3.8, 4) is 0 Å². The molecule has 0 saturated carbocycles. The predicted octanol–water partition coefficient (Wildman–Crippen LogP) is 1.33. The van der Waals surface area contributed by atoms with Gasteiger partial charge in [0.05, 0.1) is 5.41 Å². The molecule has 1 aromatic carbocycles. The van der Waals surface area contributed by atoms with Gasteiger partial charge in [-0.25, -0.2) is 0 Å². The fourth-order valence-electron chi connectivity index (χ4n) is 4.77. The zero-order valence-electron chi connectivity index (χ0n) is 16.0. The normalized spacial score (nSPS) is 27.5. The Balaban J connectivity index is 1.20. The molecule has 27 heavy (non-hydrogen) atoms. The molecule has 3 fully saturated rings. The van der Waals surface area contributed by atoms with Gasteiger partial charge in [0.2, 0.25) is 11.8 Å². The second-order valence-electron chi connectivity index (χ2n) is 8.12. The standard InChI is InChI=1S/C21H30N4O2/c26-19(25-15-13-24(14-16-25)18-5-2-1-3-6-18)7-10-22-20(27)21-8-4-11-23(17-21)12-9-21/h1-3,5-6H,4,7-17H2,(H,22,27). The van der Waals surface area contributed by atoms with Crippen molar-refractivity contribution in [2.45, 2.75) is 25.7 Å². The lowest BCUT2D eigenvalue weighted by Gasteiger charge is -2.36. The van der Waals surface area contributed by atoms with Crippen LogP contribution in [0.3, 0.4) is 0 Å². The second-order valence-corrected chi connectivity index (χ2v) is 8.12. The van der Waals surface area contributed by atoms with Crippen LogP contribution in [0.2, 0.25) is 0 Å². The topological polar surface area (TPSA) is 55.9 Å². The van der Waals surface area contributed by atoms with E-state index in [2.05, 4.69) is 27.2 Å². The molecule has 3 heterocycles. The molecule has 2 unspecified atom stereocenters. The fourth-order valence-corrected chi connectivity index (χ4v) is 4.77. The summed E-state index contributed by atoms with van der Waals surface area (Å²) in [7, 11) is 0. The summed E-state index contributed by atoms with van der Waals surface area (Å²) in [5, 5.41) is 3.05. The molecule has 6 heteroatoms. The van der Waals surface area contributed by atoms with Crippen molar-refractivity contribution in [2.75, 3.05) is 57.3 Å². The summed E-state index contributed by atoms with van der Waals surface area (Å²) in [5.74, 6) is 0.309. The maximum Gasteiger partial charge on any atom is 0.227 e. The van der Waals surface area contributed by atoms with Crippen molar-refractivity contribution < 1.29 is 9.59 Å². The molecule has 146 valence electrons. The van der Waals surface area contributed by atoms with E-state index in [1.54, 1.807) is 0 Å². The van der Waals surface area contributed by atoms with Crippen LogP contribution < -0.4 is 10.2 Å². The summed E-state index contributed by atoms with van der Waals surface area (Å²) in [6.45, 7) is 6.75. The molecule has 2 amide bonds. The van der Waals surface area contributed by atoms with Crippen LogP contribution in [0.25, 0.3) is 0 Å². The molecule has 2 atom stereocenters. The maximum absolute atomic E-state index is 12.7. The SMILES string of the molecule is O=C(CCNC(=O)C12CCCN(CC1)C2)N1CCN(c2ccccc2)CC1. The average molecular weight is 370 g/mol.